The summed E-state index contributed by atoms with van der Waals surface area (Å²) in [6.07, 6.45) is -4.71. The van der Waals surface area contributed by atoms with Gasteiger partial charge in [0.05, 0.1) is 10.5 Å². The van der Waals surface area contributed by atoms with Crippen LogP contribution in [0.5, 0.6) is 0 Å². The molecule has 0 fully saturated rings. The van der Waals surface area contributed by atoms with E-state index in [-0.39, 0.29) is 12.5 Å². The highest BCUT2D eigenvalue weighted by atomic mass is 19.4. The molecule has 21 heavy (non-hydrogen) atoms. The van der Waals surface area contributed by atoms with Crippen molar-refractivity contribution in [1.82, 2.24) is 5.32 Å². The fraction of sp³-hybridized carbons (Fsp3) is 0.417. The van der Waals surface area contributed by atoms with Crippen molar-refractivity contribution in [3.8, 4) is 0 Å². The van der Waals surface area contributed by atoms with Crippen molar-refractivity contribution >= 4 is 11.6 Å². The number of nitrogens with two attached hydrogens (primary N) is 1. The Labute approximate surface area is 118 Å². The fourth-order valence-electron chi connectivity index (χ4n) is 1.50. The topological polar surface area (TPSA) is 98.3 Å². The van der Waals surface area contributed by atoms with Gasteiger partial charge in [-0.1, -0.05) is 6.92 Å². The zero-order valence-electron chi connectivity index (χ0n) is 11.1. The van der Waals surface area contributed by atoms with Crippen molar-refractivity contribution in [2.75, 3.05) is 13.1 Å². The maximum absolute atomic E-state index is 12.5. The van der Waals surface area contributed by atoms with Crippen molar-refractivity contribution in [2.45, 2.75) is 13.1 Å². The number of rotatable bonds is 5. The Hall–Kier alpha value is -2.16. The number of carbonyl (C=O) groups excluding carboxylic acids is 1. The van der Waals surface area contributed by atoms with Crippen LogP contribution in [-0.4, -0.2) is 23.9 Å². The molecule has 9 heteroatoms. The van der Waals surface area contributed by atoms with Crippen molar-refractivity contribution in [2.24, 2.45) is 11.7 Å². The Bertz CT molecular complexity index is 546. The molecule has 1 aromatic rings. The summed E-state index contributed by atoms with van der Waals surface area (Å²) in [5.74, 6) is -0.863. The molecular formula is C12H14F3N3O3. The summed E-state index contributed by atoms with van der Waals surface area (Å²) in [7, 11) is 0. The standard InChI is InChI=1S/C12H14F3N3O3/c1-7(5-16)6-17-11(19)9-3-2-8(12(13,14)15)4-10(9)18(20)21/h2-4,7H,5-6,16H2,1H3,(H,17,19). The number of hydrogen-bond donors (Lipinski definition) is 2. The van der Waals surface area contributed by atoms with Crippen LogP contribution in [0.2, 0.25) is 0 Å². The second-order valence-corrected chi connectivity index (χ2v) is 4.54. The van der Waals surface area contributed by atoms with Crippen LogP contribution in [0.25, 0.3) is 0 Å². The van der Waals surface area contributed by atoms with E-state index in [4.69, 9.17) is 5.73 Å². The molecule has 1 amide bonds. The number of alkyl halides is 3. The van der Waals surface area contributed by atoms with Crippen LogP contribution >= 0.6 is 0 Å². The zero-order valence-corrected chi connectivity index (χ0v) is 11.1. The van der Waals surface area contributed by atoms with Crippen molar-refractivity contribution < 1.29 is 22.9 Å². The molecule has 3 N–H and O–H groups in total. The molecule has 0 aliphatic rings. The first kappa shape index (κ1) is 16.9. The van der Waals surface area contributed by atoms with Gasteiger partial charge in [0, 0.05) is 12.6 Å². The number of amides is 1. The third-order valence-electron chi connectivity index (χ3n) is 2.78. The van der Waals surface area contributed by atoms with Gasteiger partial charge in [-0.3, -0.25) is 14.9 Å². The average Bonchev–Trinajstić information content (AvgIpc) is 2.42. The first-order chi connectivity index (χ1) is 9.66. The number of hydrogen-bond acceptors (Lipinski definition) is 4. The molecule has 1 unspecified atom stereocenters. The Morgan fingerprint density at radius 3 is 2.57 bits per heavy atom. The average molecular weight is 305 g/mol. The van der Waals surface area contributed by atoms with Crippen LogP contribution in [0.4, 0.5) is 18.9 Å². The molecule has 6 nitrogen and oxygen atoms in total. The van der Waals surface area contributed by atoms with Crippen LogP contribution in [-0.2, 0) is 6.18 Å². The van der Waals surface area contributed by atoms with E-state index < -0.39 is 33.8 Å². The van der Waals surface area contributed by atoms with Gasteiger partial charge in [0.1, 0.15) is 5.56 Å². The largest absolute Gasteiger partial charge is 0.416 e. The third-order valence-corrected chi connectivity index (χ3v) is 2.78. The van der Waals surface area contributed by atoms with Gasteiger partial charge in [0.2, 0.25) is 0 Å². The van der Waals surface area contributed by atoms with Crippen molar-refractivity contribution in [3.63, 3.8) is 0 Å². The number of nitrogens with one attached hydrogen (secondary N) is 1. The van der Waals surface area contributed by atoms with E-state index in [1.54, 1.807) is 6.92 Å². The number of nitro groups is 1. The number of benzene rings is 1. The normalized spacial score (nSPS) is 12.8. The molecule has 116 valence electrons. The van der Waals surface area contributed by atoms with Gasteiger partial charge in [0.15, 0.2) is 0 Å². The molecule has 0 saturated carbocycles. The third kappa shape index (κ3) is 4.42. The first-order valence-corrected chi connectivity index (χ1v) is 6.00. The maximum Gasteiger partial charge on any atom is 0.416 e. The lowest BCUT2D eigenvalue weighted by molar-refractivity contribution is -0.385. The molecule has 0 aliphatic heterocycles. The highest BCUT2D eigenvalue weighted by Crippen LogP contribution is 2.32. The summed E-state index contributed by atoms with van der Waals surface area (Å²) in [6, 6.07) is 1.78. The minimum atomic E-state index is -4.71. The van der Waals surface area contributed by atoms with Crippen LogP contribution < -0.4 is 11.1 Å². The number of nitrogens with zero attached hydrogens (tertiary/aromatic N) is 1. The Balaban J connectivity index is 3.07. The quantitative estimate of drug-likeness (QED) is 0.641. The van der Waals surface area contributed by atoms with Gasteiger partial charge in [-0.2, -0.15) is 13.2 Å². The van der Waals surface area contributed by atoms with Gasteiger partial charge in [-0.05, 0) is 24.6 Å². The molecule has 0 saturated heterocycles. The van der Waals surface area contributed by atoms with E-state index in [2.05, 4.69) is 5.32 Å². The van der Waals surface area contributed by atoms with Crippen LogP contribution in [0.1, 0.15) is 22.8 Å². The van der Waals surface area contributed by atoms with Gasteiger partial charge in [-0.25, -0.2) is 0 Å². The first-order valence-electron chi connectivity index (χ1n) is 6.00. The number of halogens is 3. The molecule has 0 aromatic heterocycles. The summed E-state index contributed by atoms with van der Waals surface area (Å²) >= 11 is 0. The molecule has 1 rings (SSSR count). The highest BCUT2D eigenvalue weighted by molar-refractivity contribution is 5.98. The van der Waals surface area contributed by atoms with Gasteiger partial charge < -0.3 is 11.1 Å². The van der Waals surface area contributed by atoms with E-state index in [1.807, 2.05) is 0 Å². The molecule has 0 bridgehead atoms. The highest BCUT2D eigenvalue weighted by Gasteiger charge is 2.33. The lowest BCUT2D eigenvalue weighted by Gasteiger charge is -2.11. The molecule has 0 aliphatic carbocycles. The SMILES string of the molecule is CC(CN)CNC(=O)c1ccc(C(F)(F)F)cc1[N+](=O)[O-]. The molecule has 1 aromatic carbocycles. The fourth-order valence-corrected chi connectivity index (χ4v) is 1.50. The molecule has 0 spiro atoms. The van der Waals surface area contributed by atoms with E-state index in [1.165, 1.54) is 0 Å². The van der Waals surface area contributed by atoms with E-state index >= 15 is 0 Å². The lowest BCUT2D eigenvalue weighted by Crippen LogP contribution is -2.31. The van der Waals surface area contributed by atoms with Crippen LogP contribution in [0, 0.1) is 16.0 Å². The van der Waals surface area contributed by atoms with Gasteiger partial charge >= 0.3 is 6.18 Å². The van der Waals surface area contributed by atoms with Gasteiger partial charge in [0.25, 0.3) is 11.6 Å². The molecular weight excluding hydrogens is 291 g/mol. The zero-order chi connectivity index (χ0) is 16.2. The summed E-state index contributed by atoms with van der Waals surface area (Å²) in [4.78, 5) is 21.6. The summed E-state index contributed by atoms with van der Waals surface area (Å²) in [5, 5.41) is 13.2. The maximum atomic E-state index is 12.5. The smallest absolute Gasteiger partial charge is 0.352 e. The summed E-state index contributed by atoms with van der Waals surface area (Å²) in [5.41, 5.74) is 2.87. The Morgan fingerprint density at radius 2 is 2.10 bits per heavy atom. The van der Waals surface area contributed by atoms with Gasteiger partial charge in [-0.15, -0.1) is 0 Å². The number of nitro benzene ring substituents is 1. The molecule has 0 radical (unpaired) electrons. The van der Waals surface area contributed by atoms with E-state index in [9.17, 15) is 28.1 Å². The van der Waals surface area contributed by atoms with E-state index in [0.29, 0.717) is 18.7 Å². The second kappa shape index (κ2) is 6.53. The Morgan fingerprint density at radius 1 is 1.48 bits per heavy atom. The summed E-state index contributed by atoms with van der Waals surface area (Å²) < 4.78 is 37.6. The summed E-state index contributed by atoms with van der Waals surface area (Å²) in [6.45, 7) is 2.23. The minimum absolute atomic E-state index is 0.0533. The van der Waals surface area contributed by atoms with Crippen molar-refractivity contribution in [1.29, 1.82) is 0 Å². The second-order valence-electron chi connectivity index (χ2n) is 4.54. The van der Waals surface area contributed by atoms with Crippen LogP contribution in [0.3, 0.4) is 0 Å². The lowest BCUT2D eigenvalue weighted by atomic mass is 10.1. The minimum Gasteiger partial charge on any atom is -0.352 e. The van der Waals surface area contributed by atoms with Crippen molar-refractivity contribution in [3.05, 3.63) is 39.4 Å². The molecule has 0 heterocycles. The van der Waals surface area contributed by atoms with E-state index in [0.717, 1.165) is 6.07 Å². The Kier molecular flexibility index (Phi) is 5.25. The predicted molar refractivity (Wildman–Crippen MR) is 68.7 cm³/mol. The van der Waals surface area contributed by atoms with Crippen LogP contribution in [0.15, 0.2) is 18.2 Å². The monoisotopic (exact) mass is 305 g/mol. The predicted octanol–water partition coefficient (Wildman–Crippen LogP) is 1.94. The molecule has 1 atom stereocenters. The number of carbonyl (C=O) groups is 1.